The third kappa shape index (κ3) is 4.37. The number of hydrogen-bond acceptors (Lipinski definition) is 5. The number of carbonyl (C=O) groups excluding carboxylic acids is 4. The lowest BCUT2D eigenvalue weighted by Crippen LogP contribution is -2.49. The first kappa shape index (κ1) is 19.2. The maximum absolute atomic E-state index is 12.6. The van der Waals surface area contributed by atoms with E-state index in [0.717, 1.165) is 0 Å². The van der Waals surface area contributed by atoms with E-state index in [9.17, 15) is 19.2 Å². The maximum Gasteiger partial charge on any atom is 0.340 e. The normalized spacial score (nSPS) is 13.3. The van der Waals surface area contributed by atoms with E-state index in [4.69, 9.17) is 4.42 Å². The van der Waals surface area contributed by atoms with Crippen molar-refractivity contribution in [3.63, 3.8) is 0 Å². The van der Waals surface area contributed by atoms with Crippen LogP contribution in [0.2, 0.25) is 0 Å². The molecule has 1 aromatic carbocycles. The highest BCUT2D eigenvalue weighted by Gasteiger charge is 2.31. The number of anilines is 1. The van der Waals surface area contributed by atoms with E-state index < -0.39 is 17.8 Å². The van der Waals surface area contributed by atoms with Crippen LogP contribution >= 0.6 is 0 Å². The number of amides is 4. The van der Waals surface area contributed by atoms with Crippen molar-refractivity contribution in [3.05, 3.63) is 54.0 Å². The Morgan fingerprint density at radius 2 is 1.86 bits per heavy atom. The Labute approximate surface area is 161 Å². The Balaban J connectivity index is 1.59. The minimum atomic E-state index is -0.505. The van der Waals surface area contributed by atoms with Crippen molar-refractivity contribution >= 4 is 29.3 Å². The number of nitrogens with zero attached hydrogens (tertiary/aromatic N) is 2. The van der Waals surface area contributed by atoms with E-state index in [0.29, 0.717) is 30.8 Å². The van der Waals surface area contributed by atoms with E-state index >= 15 is 0 Å². The van der Waals surface area contributed by atoms with Crippen molar-refractivity contribution in [2.24, 2.45) is 0 Å². The second kappa shape index (κ2) is 8.38. The van der Waals surface area contributed by atoms with Crippen molar-refractivity contribution in [2.45, 2.75) is 13.3 Å². The second-order valence-corrected chi connectivity index (χ2v) is 6.22. The molecule has 0 radical (unpaired) electrons. The van der Waals surface area contributed by atoms with Crippen molar-refractivity contribution in [1.82, 2.24) is 15.3 Å². The van der Waals surface area contributed by atoms with Crippen LogP contribution in [-0.4, -0.2) is 53.3 Å². The van der Waals surface area contributed by atoms with E-state index in [1.807, 2.05) is 0 Å². The minimum absolute atomic E-state index is 0.106. The molecule has 1 aliphatic rings. The highest BCUT2D eigenvalue weighted by Crippen LogP contribution is 2.16. The molecule has 146 valence electrons. The highest BCUT2D eigenvalue weighted by atomic mass is 16.3. The van der Waals surface area contributed by atoms with Crippen molar-refractivity contribution < 1.29 is 23.6 Å². The van der Waals surface area contributed by atoms with E-state index in [1.165, 1.54) is 29.3 Å². The molecule has 1 fully saturated rings. The molecule has 0 aliphatic carbocycles. The van der Waals surface area contributed by atoms with Crippen LogP contribution in [0.15, 0.2) is 47.1 Å². The Morgan fingerprint density at radius 3 is 2.57 bits per heavy atom. The number of benzene rings is 1. The molecule has 0 spiro atoms. The number of rotatable bonds is 5. The molecule has 0 saturated carbocycles. The van der Waals surface area contributed by atoms with Crippen LogP contribution < -0.4 is 10.6 Å². The minimum Gasteiger partial charge on any atom is -0.459 e. The van der Waals surface area contributed by atoms with Crippen LogP contribution in [0.1, 0.15) is 34.3 Å². The lowest BCUT2D eigenvalue weighted by atomic mass is 10.1. The van der Waals surface area contributed by atoms with Gasteiger partial charge < -0.3 is 15.1 Å². The summed E-state index contributed by atoms with van der Waals surface area (Å²) in [6, 6.07) is 9.15. The molecule has 2 aromatic rings. The maximum atomic E-state index is 12.6. The molecule has 1 saturated heterocycles. The van der Waals surface area contributed by atoms with Crippen LogP contribution in [0, 0.1) is 0 Å². The quantitative estimate of drug-likeness (QED) is 0.765. The topological polar surface area (TPSA) is 112 Å². The Morgan fingerprint density at radius 1 is 1.07 bits per heavy atom. The number of nitrogens with one attached hydrogen (secondary N) is 2. The number of hydrogen-bond donors (Lipinski definition) is 2. The molecule has 28 heavy (non-hydrogen) atoms. The second-order valence-electron chi connectivity index (χ2n) is 6.22. The van der Waals surface area contributed by atoms with Gasteiger partial charge in [0.05, 0.1) is 12.8 Å². The number of hydrazine groups is 1. The van der Waals surface area contributed by atoms with Gasteiger partial charge in [-0.3, -0.25) is 14.4 Å². The van der Waals surface area contributed by atoms with Gasteiger partial charge >= 0.3 is 6.03 Å². The molecule has 2 heterocycles. The van der Waals surface area contributed by atoms with E-state index in [1.54, 1.807) is 30.3 Å². The zero-order chi connectivity index (χ0) is 20.1. The number of ketones is 1. The SMILES string of the molecule is CC(=O)c1cccc(NC(=O)N2CCCN2C(=O)CNC(=O)c2ccco2)c1. The van der Waals surface area contributed by atoms with Gasteiger partial charge in [-0.05, 0) is 37.6 Å². The summed E-state index contributed by atoms with van der Waals surface area (Å²) in [5.41, 5.74) is 0.941. The fraction of sp³-hybridized carbons (Fsp3) is 0.263. The van der Waals surface area contributed by atoms with Crippen LogP contribution in [0.3, 0.4) is 0 Å². The van der Waals surface area contributed by atoms with Gasteiger partial charge in [0.2, 0.25) is 0 Å². The number of Topliss-reactive ketones (excluding diaryl/α,β-unsaturated/α-hetero) is 1. The summed E-state index contributed by atoms with van der Waals surface area (Å²) in [6.07, 6.45) is 1.99. The number of furan rings is 1. The average molecular weight is 384 g/mol. The Bertz CT molecular complexity index is 893. The van der Waals surface area contributed by atoms with E-state index in [-0.39, 0.29) is 18.1 Å². The van der Waals surface area contributed by atoms with Crippen LogP contribution in [0.4, 0.5) is 10.5 Å². The van der Waals surface area contributed by atoms with Crippen LogP contribution in [0.5, 0.6) is 0 Å². The number of carbonyl (C=O) groups is 4. The predicted octanol–water partition coefficient (Wildman–Crippen LogP) is 1.89. The zero-order valence-electron chi connectivity index (χ0n) is 15.3. The molecule has 9 heteroatoms. The predicted molar refractivity (Wildman–Crippen MR) is 99.5 cm³/mol. The van der Waals surface area contributed by atoms with Gasteiger partial charge in [0, 0.05) is 24.3 Å². The molecule has 1 aromatic heterocycles. The summed E-state index contributed by atoms with van der Waals surface area (Å²) in [5.74, 6) is -0.921. The molecule has 1 aliphatic heterocycles. The average Bonchev–Trinajstić information content (AvgIpc) is 3.37. The highest BCUT2D eigenvalue weighted by molar-refractivity contribution is 5.97. The summed E-state index contributed by atoms with van der Waals surface area (Å²) >= 11 is 0. The standard InChI is InChI=1S/C19H20N4O5/c1-13(24)14-5-2-6-15(11-14)21-19(27)23-9-4-8-22(23)17(25)12-20-18(26)16-7-3-10-28-16/h2-3,5-7,10-11H,4,8-9,12H2,1H3,(H,20,26)(H,21,27). The first-order valence-corrected chi connectivity index (χ1v) is 8.77. The van der Waals surface area contributed by atoms with Gasteiger partial charge in [0.1, 0.15) is 0 Å². The molecule has 2 N–H and O–H groups in total. The molecular formula is C19H20N4O5. The first-order chi connectivity index (χ1) is 13.5. The van der Waals surface area contributed by atoms with Crippen molar-refractivity contribution in [3.8, 4) is 0 Å². The molecule has 0 bridgehead atoms. The van der Waals surface area contributed by atoms with Crippen molar-refractivity contribution in [1.29, 1.82) is 0 Å². The van der Waals surface area contributed by atoms with E-state index in [2.05, 4.69) is 10.6 Å². The van der Waals surface area contributed by atoms with Gasteiger partial charge in [0.25, 0.3) is 11.8 Å². The van der Waals surface area contributed by atoms with Gasteiger partial charge in [0.15, 0.2) is 11.5 Å². The first-order valence-electron chi connectivity index (χ1n) is 8.77. The summed E-state index contributed by atoms with van der Waals surface area (Å²) in [7, 11) is 0. The smallest absolute Gasteiger partial charge is 0.340 e. The Hall–Kier alpha value is -3.62. The summed E-state index contributed by atoms with van der Waals surface area (Å²) < 4.78 is 4.97. The molecule has 0 unspecified atom stereocenters. The molecule has 0 atom stereocenters. The molecule has 4 amide bonds. The summed E-state index contributed by atoms with van der Waals surface area (Å²) in [4.78, 5) is 48.4. The van der Waals surface area contributed by atoms with Gasteiger partial charge in [-0.2, -0.15) is 0 Å². The van der Waals surface area contributed by atoms with Gasteiger partial charge in [-0.1, -0.05) is 12.1 Å². The lowest BCUT2D eigenvalue weighted by Gasteiger charge is -2.28. The zero-order valence-corrected chi connectivity index (χ0v) is 15.3. The Kier molecular flexibility index (Phi) is 5.73. The third-order valence-electron chi connectivity index (χ3n) is 4.22. The summed E-state index contributed by atoms with van der Waals surface area (Å²) in [6.45, 7) is 1.93. The molecular weight excluding hydrogens is 364 g/mol. The molecule has 9 nitrogen and oxygen atoms in total. The molecule has 3 rings (SSSR count). The fourth-order valence-electron chi connectivity index (χ4n) is 2.83. The number of urea groups is 1. The largest absolute Gasteiger partial charge is 0.459 e. The van der Waals surface area contributed by atoms with Crippen LogP contribution in [0.25, 0.3) is 0 Å². The van der Waals surface area contributed by atoms with Crippen molar-refractivity contribution in [2.75, 3.05) is 25.0 Å². The lowest BCUT2D eigenvalue weighted by molar-refractivity contribution is -0.138. The third-order valence-corrected chi connectivity index (χ3v) is 4.22. The van der Waals surface area contributed by atoms with Crippen LogP contribution in [-0.2, 0) is 4.79 Å². The summed E-state index contributed by atoms with van der Waals surface area (Å²) in [5, 5.41) is 7.75. The van der Waals surface area contributed by atoms with Gasteiger partial charge in [-0.15, -0.1) is 0 Å². The van der Waals surface area contributed by atoms with Gasteiger partial charge in [-0.25, -0.2) is 14.8 Å². The monoisotopic (exact) mass is 384 g/mol. The fourth-order valence-corrected chi connectivity index (χ4v) is 2.83.